The number of nitrogens with zero attached hydrogens (tertiary/aromatic N) is 2. The predicted octanol–water partition coefficient (Wildman–Crippen LogP) is 1.50. The molecule has 0 amide bonds. The second-order valence-electron chi connectivity index (χ2n) is 5.20. The van der Waals surface area contributed by atoms with Gasteiger partial charge in [-0.1, -0.05) is 6.07 Å². The maximum Gasteiger partial charge on any atom is 0.201 e. The number of aryl methyl sites for hydroxylation is 1. The smallest absolute Gasteiger partial charge is 0.201 e. The van der Waals surface area contributed by atoms with E-state index in [-0.39, 0.29) is 5.25 Å². The Kier molecular flexibility index (Phi) is 2.78. The second-order valence-corrected chi connectivity index (χ2v) is 7.60. The minimum Gasteiger partial charge on any atom is -0.369 e. The van der Waals surface area contributed by atoms with Crippen molar-refractivity contribution in [2.24, 2.45) is 0 Å². The molecule has 0 bridgehead atoms. The van der Waals surface area contributed by atoms with Gasteiger partial charge in [0.05, 0.1) is 22.0 Å². The van der Waals surface area contributed by atoms with Gasteiger partial charge in [0.2, 0.25) is 5.95 Å². The van der Waals surface area contributed by atoms with E-state index < -0.39 is 9.84 Å². The summed E-state index contributed by atoms with van der Waals surface area (Å²) in [5.41, 5.74) is 8.78. The summed E-state index contributed by atoms with van der Waals surface area (Å²) in [5, 5.41) is -0.325. The molecule has 0 radical (unpaired) electrons. The summed E-state index contributed by atoms with van der Waals surface area (Å²) in [6.07, 6.45) is 1.46. The quantitative estimate of drug-likeness (QED) is 0.903. The Balaban J connectivity index is 2.03. The molecule has 1 saturated heterocycles. The van der Waals surface area contributed by atoms with Gasteiger partial charge in [0.25, 0.3) is 0 Å². The van der Waals surface area contributed by atoms with Crippen LogP contribution in [0.1, 0.15) is 18.4 Å². The van der Waals surface area contributed by atoms with Crippen LogP contribution in [-0.4, -0.2) is 29.0 Å². The van der Waals surface area contributed by atoms with Crippen LogP contribution >= 0.6 is 0 Å². The van der Waals surface area contributed by atoms with Crippen molar-refractivity contribution in [2.45, 2.75) is 31.6 Å². The van der Waals surface area contributed by atoms with Crippen LogP contribution in [0.5, 0.6) is 0 Å². The molecule has 1 fully saturated rings. The molecule has 6 heteroatoms. The standard InChI is InChI=1S/C13H17N3O2S/c1-9-4-5-12-11(7-9)15-13(14)16(12)8-10-3-2-6-19(10,17)18/h4-5,7,10H,2-3,6,8H2,1H3,(H2,14,15). The van der Waals surface area contributed by atoms with Crippen LogP contribution in [0.3, 0.4) is 0 Å². The summed E-state index contributed by atoms with van der Waals surface area (Å²) in [5.74, 6) is 0.686. The summed E-state index contributed by atoms with van der Waals surface area (Å²) in [6, 6.07) is 5.91. The summed E-state index contributed by atoms with van der Waals surface area (Å²) in [7, 11) is -2.96. The van der Waals surface area contributed by atoms with E-state index in [1.54, 1.807) is 0 Å². The van der Waals surface area contributed by atoms with E-state index >= 15 is 0 Å². The van der Waals surface area contributed by atoms with E-state index in [9.17, 15) is 8.42 Å². The van der Waals surface area contributed by atoms with Crippen LogP contribution in [0.25, 0.3) is 11.0 Å². The van der Waals surface area contributed by atoms with Crippen LogP contribution < -0.4 is 5.73 Å². The van der Waals surface area contributed by atoms with E-state index in [2.05, 4.69) is 4.98 Å². The fourth-order valence-corrected chi connectivity index (χ4v) is 4.52. The van der Waals surface area contributed by atoms with E-state index in [0.717, 1.165) is 23.0 Å². The van der Waals surface area contributed by atoms with Crippen molar-refractivity contribution >= 4 is 26.8 Å². The highest BCUT2D eigenvalue weighted by molar-refractivity contribution is 7.92. The van der Waals surface area contributed by atoms with Crippen molar-refractivity contribution < 1.29 is 8.42 Å². The molecule has 2 N–H and O–H groups in total. The fraction of sp³-hybridized carbons (Fsp3) is 0.462. The summed E-state index contributed by atoms with van der Waals surface area (Å²) < 4.78 is 25.7. The SMILES string of the molecule is Cc1ccc2c(c1)nc(N)n2CC1CCCS1(=O)=O. The van der Waals surface area contributed by atoms with Crippen LogP contribution in [0.15, 0.2) is 18.2 Å². The number of nitrogen functional groups attached to an aromatic ring is 1. The molecule has 1 aliphatic heterocycles. The molecule has 1 unspecified atom stereocenters. The topological polar surface area (TPSA) is 78.0 Å². The van der Waals surface area contributed by atoms with Gasteiger partial charge in [0.1, 0.15) is 0 Å². The number of hydrogen-bond acceptors (Lipinski definition) is 4. The second kappa shape index (κ2) is 4.23. The van der Waals surface area contributed by atoms with Crippen molar-refractivity contribution in [1.29, 1.82) is 0 Å². The van der Waals surface area contributed by atoms with Crippen molar-refractivity contribution in [3.8, 4) is 0 Å². The molecule has 1 aliphatic rings. The monoisotopic (exact) mass is 279 g/mol. The molecule has 1 atom stereocenters. The molecule has 2 aromatic rings. The molecule has 0 aliphatic carbocycles. The normalized spacial score (nSPS) is 22.1. The van der Waals surface area contributed by atoms with Gasteiger partial charge in [-0.15, -0.1) is 0 Å². The lowest BCUT2D eigenvalue weighted by Gasteiger charge is -2.12. The molecule has 3 rings (SSSR count). The third kappa shape index (κ3) is 2.10. The number of fused-ring (bicyclic) bond motifs is 1. The first-order valence-electron chi connectivity index (χ1n) is 6.41. The van der Waals surface area contributed by atoms with E-state index in [0.29, 0.717) is 24.7 Å². The van der Waals surface area contributed by atoms with E-state index in [1.165, 1.54) is 0 Å². The van der Waals surface area contributed by atoms with Crippen LogP contribution in [0.4, 0.5) is 5.95 Å². The Morgan fingerprint density at radius 3 is 2.95 bits per heavy atom. The highest BCUT2D eigenvalue weighted by atomic mass is 32.2. The van der Waals surface area contributed by atoms with E-state index in [4.69, 9.17) is 5.73 Å². The molecule has 0 saturated carbocycles. The first-order valence-corrected chi connectivity index (χ1v) is 8.13. The minimum atomic E-state index is -2.96. The molecular weight excluding hydrogens is 262 g/mol. The van der Waals surface area contributed by atoms with Gasteiger partial charge < -0.3 is 10.3 Å². The van der Waals surface area contributed by atoms with Crippen molar-refractivity contribution in [1.82, 2.24) is 9.55 Å². The average Bonchev–Trinajstić information content (AvgIpc) is 2.80. The number of nitrogens with two attached hydrogens (primary N) is 1. The van der Waals surface area contributed by atoms with Gasteiger partial charge in [-0.3, -0.25) is 0 Å². The molecule has 2 heterocycles. The molecule has 19 heavy (non-hydrogen) atoms. The van der Waals surface area contributed by atoms with Crippen molar-refractivity contribution in [3.63, 3.8) is 0 Å². The van der Waals surface area contributed by atoms with Gasteiger partial charge in [-0.2, -0.15) is 0 Å². The van der Waals surface area contributed by atoms with Crippen molar-refractivity contribution in [3.05, 3.63) is 23.8 Å². The molecule has 5 nitrogen and oxygen atoms in total. The number of hydrogen-bond donors (Lipinski definition) is 1. The largest absolute Gasteiger partial charge is 0.369 e. The third-order valence-electron chi connectivity index (χ3n) is 3.78. The number of rotatable bonds is 2. The number of imidazole rings is 1. The van der Waals surface area contributed by atoms with Gasteiger partial charge in [0, 0.05) is 6.54 Å². The minimum absolute atomic E-state index is 0.295. The average molecular weight is 279 g/mol. The zero-order chi connectivity index (χ0) is 13.6. The van der Waals surface area contributed by atoms with Gasteiger partial charge in [-0.05, 0) is 37.5 Å². The van der Waals surface area contributed by atoms with Gasteiger partial charge in [0.15, 0.2) is 9.84 Å². The predicted molar refractivity (Wildman–Crippen MR) is 75.7 cm³/mol. The molecular formula is C13H17N3O2S. The highest BCUT2D eigenvalue weighted by Gasteiger charge is 2.32. The van der Waals surface area contributed by atoms with Crippen molar-refractivity contribution in [2.75, 3.05) is 11.5 Å². The summed E-state index contributed by atoms with van der Waals surface area (Å²) in [4.78, 5) is 4.31. The summed E-state index contributed by atoms with van der Waals surface area (Å²) >= 11 is 0. The lowest BCUT2D eigenvalue weighted by atomic mass is 10.2. The zero-order valence-corrected chi connectivity index (χ0v) is 11.7. The van der Waals surface area contributed by atoms with Crippen LogP contribution in [-0.2, 0) is 16.4 Å². The molecule has 0 spiro atoms. The maximum absolute atomic E-state index is 11.9. The van der Waals surface area contributed by atoms with Gasteiger partial charge >= 0.3 is 0 Å². The summed E-state index contributed by atoms with van der Waals surface area (Å²) in [6.45, 7) is 2.41. The molecule has 1 aromatic carbocycles. The Morgan fingerprint density at radius 2 is 2.26 bits per heavy atom. The lowest BCUT2D eigenvalue weighted by molar-refractivity contribution is 0.571. The highest BCUT2D eigenvalue weighted by Crippen LogP contribution is 2.25. The Labute approximate surface area is 112 Å². The first-order chi connectivity index (χ1) is 8.97. The van der Waals surface area contributed by atoms with Crippen LogP contribution in [0.2, 0.25) is 0 Å². The van der Waals surface area contributed by atoms with Crippen LogP contribution in [0, 0.1) is 6.92 Å². The zero-order valence-electron chi connectivity index (χ0n) is 10.8. The Hall–Kier alpha value is -1.56. The number of anilines is 1. The fourth-order valence-electron chi connectivity index (χ4n) is 2.72. The number of sulfone groups is 1. The Bertz CT molecular complexity index is 734. The molecule has 1 aromatic heterocycles. The number of aromatic nitrogens is 2. The lowest BCUT2D eigenvalue weighted by Crippen LogP contribution is -2.23. The number of benzene rings is 1. The molecule has 102 valence electrons. The van der Waals surface area contributed by atoms with E-state index in [1.807, 2.05) is 29.7 Å². The Morgan fingerprint density at radius 1 is 1.47 bits per heavy atom. The van der Waals surface area contributed by atoms with Gasteiger partial charge in [-0.25, -0.2) is 13.4 Å². The maximum atomic E-state index is 11.9. The third-order valence-corrected chi connectivity index (χ3v) is 6.04. The first kappa shape index (κ1) is 12.5.